The zero-order chi connectivity index (χ0) is 12.7. The molecule has 2 heterocycles. The Kier molecular flexibility index (Phi) is 2.43. The summed E-state index contributed by atoms with van der Waals surface area (Å²) in [6.45, 7) is 0. The fourth-order valence-electron chi connectivity index (χ4n) is 2.72. The lowest BCUT2D eigenvalue weighted by Gasteiger charge is -2.15. The quantitative estimate of drug-likeness (QED) is 0.843. The van der Waals surface area contributed by atoms with E-state index < -0.39 is 5.97 Å². The maximum Gasteiger partial charge on any atom is 0.352 e. The number of rotatable bonds is 2. The highest BCUT2D eigenvalue weighted by Crippen LogP contribution is 2.34. The van der Waals surface area contributed by atoms with Crippen LogP contribution in [0, 0.1) is 0 Å². The van der Waals surface area contributed by atoms with Crippen molar-refractivity contribution in [3.63, 3.8) is 0 Å². The number of carbonyl (C=O) groups is 1. The van der Waals surface area contributed by atoms with Crippen LogP contribution in [0.2, 0.25) is 0 Å². The summed E-state index contributed by atoms with van der Waals surface area (Å²) >= 11 is 0. The Morgan fingerprint density at radius 1 is 1.44 bits per heavy atom. The van der Waals surface area contributed by atoms with Gasteiger partial charge in [-0.1, -0.05) is 12.8 Å². The van der Waals surface area contributed by atoms with Crippen LogP contribution in [0.3, 0.4) is 0 Å². The van der Waals surface area contributed by atoms with Crippen molar-refractivity contribution in [2.24, 2.45) is 0 Å². The maximum absolute atomic E-state index is 11.3. The molecule has 6 heteroatoms. The fourth-order valence-corrected chi connectivity index (χ4v) is 2.72. The number of nitrogens with zero attached hydrogens (tertiary/aromatic N) is 3. The Balaban J connectivity index is 2.26. The van der Waals surface area contributed by atoms with Crippen molar-refractivity contribution in [3.8, 4) is 0 Å². The second-order valence-electron chi connectivity index (χ2n) is 4.65. The molecule has 1 saturated carbocycles. The second kappa shape index (κ2) is 3.97. The molecule has 3 rings (SSSR count). The maximum atomic E-state index is 11.3. The van der Waals surface area contributed by atoms with Crippen LogP contribution >= 0.6 is 0 Å². The Morgan fingerprint density at radius 2 is 2.17 bits per heavy atom. The normalized spacial score (nSPS) is 16.4. The van der Waals surface area contributed by atoms with Gasteiger partial charge in [0, 0.05) is 17.6 Å². The van der Waals surface area contributed by atoms with Gasteiger partial charge in [-0.25, -0.2) is 9.78 Å². The van der Waals surface area contributed by atoms with Gasteiger partial charge < -0.3 is 15.4 Å². The summed E-state index contributed by atoms with van der Waals surface area (Å²) in [6, 6.07) is 1.83. The van der Waals surface area contributed by atoms with Gasteiger partial charge in [0.15, 0.2) is 0 Å². The summed E-state index contributed by atoms with van der Waals surface area (Å²) in [5.74, 6) is -0.754. The lowest BCUT2D eigenvalue weighted by atomic mass is 10.2. The first-order valence-corrected chi connectivity index (χ1v) is 6.03. The SMILES string of the molecule is Nc1ncc2cc(C(=O)O)n(C3CCCC3)c2n1. The van der Waals surface area contributed by atoms with Crippen molar-refractivity contribution in [2.45, 2.75) is 31.7 Å². The monoisotopic (exact) mass is 246 g/mol. The van der Waals surface area contributed by atoms with E-state index in [1.165, 1.54) is 0 Å². The smallest absolute Gasteiger partial charge is 0.352 e. The number of nitrogen functional groups attached to an aromatic ring is 1. The topological polar surface area (TPSA) is 94.0 Å². The Hall–Kier alpha value is -2.11. The van der Waals surface area contributed by atoms with E-state index in [0.717, 1.165) is 31.1 Å². The minimum Gasteiger partial charge on any atom is -0.477 e. The predicted octanol–water partition coefficient (Wildman–Crippen LogP) is 1.83. The number of anilines is 1. The zero-order valence-electron chi connectivity index (χ0n) is 9.83. The van der Waals surface area contributed by atoms with E-state index in [1.807, 2.05) is 4.57 Å². The molecule has 0 bridgehead atoms. The number of aromatic carboxylic acids is 1. The molecular formula is C12H14N4O2. The lowest BCUT2D eigenvalue weighted by molar-refractivity contribution is 0.0683. The first kappa shape index (κ1) is 11.0. The van der Waals surface area contributed by atoms with Crippen LogP contribution in [0.25, 0.3) is 11.0 Å². The third kappa shape index (κ3) is 1.61. The first-order valence-electron chi connectivity index (χ1n) is 6.03. The lowest BCUT2D eigenvalue weighted by Crippen LogP contribution is -2.13. The second-order valence-corrected chi connectivity index (χ2v) is 4.65. The van der Waals surface area contributed by atoms with Gasteiger partial charge in [-0.2, -0.15) is 4.98 Å². The van der Waals surface area contributed by atoms with Crippen molar-refractivity contribution in [1.82, 2.24) is 14.5 Å². The predicted molar refractivity (Wildman–Crippen MR) is 66.4 cm³/mol. The number of nitrogens with two attached hydrogens (primary N) is 1. The molecule has 0 atom stereocenters. The van der Waals surface area contributed by atoms with Crippen LogP contribution in [-0.4, -0.2) is 25.6 Å². The van der Waals surface area contributed by atoms with Crippen molar-refractivity contribution < 1.29 is 9.90 Å². The molecule has 6 nitrogen and oxygen atoms in total. The van der Waals surface area contributed by atoms with Gasteiger partial charge in [-0.3, -0.25) is 0 Å². The van der Waals surface area contributed by atoms with E-state index in [-0.39, 0.29) is 17.7 Å². The molecule has 2 aromatic rings. The summed E-state index contributed by atoms with van der Waals surface area (Å²) in [5.41, 5.74) is 6.50. The zero-order valence-corrected chi connectivity index (χ0v) is 9.83. The average Bonchev–Trinajstić information content (AvgIpc) is 2.93. The van der Waals surface area contributed by atoms with Gasteiger partial charge in [0.25, 0.3) is 0 Å². The molecule has 1 aliphatic carbocycles. The van der Waals surface area contributed by atoms with Crippen LogP contribution in [0.1, 0.15) is 42.2 Å². The third-order valence-electron chi connectivity index (χ3n) is 3.50. The number of fused-ring (bicyclic) bond motifs is 1. The first-order chi connectivity index (χ1) is 8.66. The molecule has 3 N–H and O–H groups in total. The highest BCUT2D eigenvalue weighted by Gasteiger charge is 2.25. The Labute approximate surface area is 103 Å². The van der Waals surface area contributed by atoms with Gasteiger partial charge in [0.2, 0.25) is 5.95 Å². The number of hydrogen-bond donors (Lipinski definition) is 2. The van der Waals surface area contributed by atoms with Crippen LogP contribution < -0.4 is 5.73 Å². The molecule has 0 unspecified atom stereocenters. The molecule has 0 saturated heterocycles. The van der Waals surface area contributed by atoms with Gasteiger partial charge in [0.1, 0.15) is 11.3 Å². The highest BCUT2D eigenvalue weighted by molar-refractivity contribution is 5.93. The van der Waals surface area contributed by atoms with Gasteiger partial charge in [0.05, 0.1) is 0 Å². The largest absolute Gasteiger partial charge is 0.477 e. The molecule has 94 valence electrons. The summed E-state index contributed by atoms with van der Waals surface area (Å²) in [6.07, 6.45) is 5.82. The summed E-state index contributed by atoms with van der Waals surface area (Å²) < 4.78 is 1.81. The third-order valence-corrected chi connectivity index (χ3v) is 3.50. The standard InChI is InChI=1S/C12H14N4O2/c13-12-14-6-7-5-9(11(17)18)16(10(7)15-12)8-3-1-2-4-8/h5-6,8H,1-4H2,(H,17,18)(H2,13,14,15). The van der Waals surface area contributed by atoms with Crippen molar-refractivity contribution in [2.75, 3.05) is 5.73 Å². The van der Waals surface area contributed by atoms with Crippen LogP contribution in [0.15, 0.2) is 12.3 Å². The molecular weight excluding hydrogens is 232 g/mol. The van der Waals surface area contributed by atoms with Crippen LogP contribution in [0.4, 0.5) is 5.95 Å². The number of aromatic nitrogens is 3. The number of carboxylic acid groups (broad SMARTS) is 1. The van der Waals surface area contributed by atoms with E-state index >= 15 is 0 Å². The van der Waals surface area contributed by atoms with E-state index in [1.54, 1.807) is 12.3 Å². The molecule has 2 aromatic heterocycles. The molecule has 0 aromatic carbocycles. The molecule has 18 heavy (non-hydrogen) atoms. The number of hydrogen-bond acceptors (Lipinski definition) is 4. The van der Waals surface area contributed by atoms with Crippen LogP contribution in [-0.2, 0) is 0 Å². The molecule has 0 aliphatic heterocycles. The van der Waals surface area contributed by atoms with E-state index in [9.17, 15) is 9.90 Å². The minimum absolute atomic E-state index is 0.178. The van der Waals surface area contributed by atoms with E-state index in [2.05, 4.69) is 9.97 Å². The summed E-state index contributed by atoms with van der Waals surface area (Å²) in [5, 5.41) is 10.0. The Morgan fingerprint density at radius 3 is 2.83 bits per heavy atom. The Bertz CT molecular complexity index is 614. The summed E-state index contributed by atoms with van der Waals surface area (Å²) in [4.78, 5) is 19.4. The van der Waals surface area contributed by atoms with Crippen molar-refractivity contribution in [3.05, 3.63) is 18.0 Å². The van der Waals surface area contributed by atoms with Gasteiger partial charge in [-0.15, -0.1) is 0 Å². The molecule has 1 aliphatic rings. The highest BCUT2D eigenvalue weighted by atomic mass is 16.4. The molecule has 0 radical (unpaired) electrons. The fraction of sp³-hybridized carbons (Fsp3) is 0.417. The van der Waals surface area contributed by atoms with Crippen molar-refractivity contribution >= 4 is 23.0 Å². The van der Waals surface area contributed by atoms with E-state index in [4.69, 9.17) is 5.73 Å². The molecule has 0 amide bonds. The van der Waals surface area contributed by atoms with Gasteiger partial charge >= 0.3 is 5.97 Å². The summed E-state index contributed by atoms with van der Waals surface area (Å²) in [7, 11) is 0. The van der Waals surface area contributed by atoms with E-state index in [0.29, 0.717) is 5.65 Å². The van der Waals surface area contributed by atoms with Gasteiger partial charge in [-0.05, 0) is 18.9 Å². The minimum atomic E-state index is -0.932. The molecule has 1 fully saturated rings. The van der Waals surface area contributed by atoms with Crippen LogP contribution in [0.5, 0.6) is 0 Å². The number of carboxylic acids is 1. The van der Waals surface area contributed by atoms with Crippen molar-refractivity contribution in [1.29, 1.82) is 0 Å². The molecule has 0 spiro atoms. The average molecular weight is 246 g/mol.